The lowest BCUT2D eigenvalue weighted by Gasteiger charge is -1.95. The standard InChI is InChI=1S/C9H8FN3O2/c1-12-9-13-6-3-4(10)2-5(8(11)14)7(6)15-9/h2-3H,1H3,(H2,11,14)(H,12,13). The summed E-state index contributed by atoms with van der Waals surface area (Å²) < 4.78 is 18.2. The molecule has 2 aromatic rings. The fourth-order valence-electron chi connectivity index (χ4n) is 1.29. The molecule has 2 rings (SSSR count). The predicted molar refractivity (Wildman–Crippen MR) is 52.0 cm³/mol. The number of primary amides is 1. The second kappa shape index (κ2) is 3.23. The molecular weight excluding hydrogens is 201 g/mol. The number of hydrogen-bond donors (Lipinski definition) is 2. The zero-order valence-corrected chi connectivity index (χ0v) is 7.87. The maximum Gasteiger partial charge on any atom is 0.295 e. The summed E-state index contributed by atoms with van der Waals surface area (Å²) in [5, 5.41) is 2.65. The lowest BCUT2D eigenvalue weighted by atomic mass is 10.2. The van der Waals surface area contributed by atoms with E-state index in [4.69, 9.17) is 10.2 Å². The van der Waals surface area contributed by atoms with Gasteiger partial charge in [-0.25, -0.2) is 4.39 Å². The number of anilines is 1. The van der Waals surface area contributed by atoms with Gasteiger partial charge in [-0.3, -0.25) is 4.79 Å². The molecule has 0 spiro atoms. The van der Waals surface area contributed by atoms with E-state index in [1.54, 1.807) is 7.05 Å². The van der Waals surface area contributed by atoms with E-state index in [1.165, 1.54) is 6.07 Å². The van der Waals surface area contributed by atoms with E-state index in [0.29, 0.717) is 0 Å². The molecular formula is C9H8FN3O2. The Morgan fingerprint density at radius 3 is 2.93 bits per heavy atom. The van der Waals surface area contributed by atoms with Crippen LogP contribution in [0.15, 0.2) is 16.5 Å². The van der Waals surface area contributed by atoms with Gasteiger partial charge in [-0.2, -0.15) is 4.98 Å². The predicted octanol–water partition coefficient (Wildman–Crippen LogP) is 1.11. The maximum atomic E-state index is 13.1. The number of benzene rings is 1. The molecule has 0 aliphatic carbocycles. The topological polar surface area (TPSA) is 81.1 Å². The van der Waals surface area contributed by atoms with E-state index in [-0.39, 0.29) is 22.7 Å². The number of amides is 1. The fourth-order valence-corrected chi connectivity index (χ4v) is 1.29. The van der Waals surface area contributed by atoms with Gasteiger partial charge in [0, 0.05) is 13.1 Å². The van der Waals surface area contributed by atoms with Crippen LogP contribution in [0.4, 0.5) is 10.4 Å². The minimum Gasteiger partial charge on any atom is -0.423 e. The molecule has 0 radical (unpaired) electrons. The second-order valence-corrected chi connectivity index (χ2v) is 2.93. The van der Waals surface area contributed by atoms with Crippen molar-refractivity contribution in [3.05, 3.63) is 23.5 Å². The molecule has 0 fully saturated rings. The number of fused-ring (bicyclic) bond motifs is 1. The van der Waals surface area contributed by atoms with Crippen molar-refractivity contribution in [1.29, 1.82) is 0 Å². The zero-order valence-electron chi connectivity index (χ0n) is 7.87. The fraction of sp³-hybridized carbons (Fsp3) is 0.111. The van der Waals surface area contributed by atoms with Crippen LogP contribution < -0.4 is 11.1 Å². The Kier molecular flexibility index (Phi) is 2.03. The molecule has 5 nitrogen and oxygen atoms in total. The van der Waals surface area contributed by atoms with Crippen molar-refractivity contribution in [2.24, 2.45) is 5.73 Å². The van der Waals surface area contributed by atoms with Gasteiger partial charge in [-0.05, 0) is 6.07 Å². The Morgan fingerprint density at radius 1 is 1.60 bits per heavy atom. The molecule has 0 aliphatic heterocycles. The van der Waals surface area contributed by atoms with Gasteiger partial charge < -0.3 is 15.5 Å². The molecule has 1 aromatic carbocycles. The van der Waals surface area contributed by atoms with Crippen LogP contribution in [0.1, 0.15) is 10.4 Å². The molecule has 1 amide bonds. The molecule has 0 saturated heterocycles. The molecule has 15 heavy (non-hydrogen) atoms. The van der Waals surface area contributed by atoms with Crippen molar-refractivity contribution < 1.29 is 13.6 Å². The maximum absolute atomic E-state index is 13.1. The number of carbonyl (C=O) groups is 1. The van der Waals surface area contributed by atoms with Crippen LogP contribution in [0.3, 0.4) is 0 Å². The van der Waals surface area contributed by atoms with Crippen molar-refractivity contribution in [2.45, 2.75) is 0 Å². The summed E-state index contributed by atoms with van der Waals surface area (Å²) in [6, 6.07) is 2.40. The lowest BCUT2D eigenvalue weighted by Crippen LogP contribution is -2.11. The molecule has 3 N–H and O–H groups in total. The van der Waals surface area contributed by atoms with Crippen LogP contribution in [-0.4, -0.2) is 17.9 Å². The van der Waals surface area contributed by atoms with Gasteiger partial charge in [0.2, 0.25) is 0 Å². The van der Waals surface area contributed by atoms with Crippen LogP contribution in [0.25, 0.3) is 11.1 Å². The number of nitrogens with zero attached hydrogens (tertiary/aromatic N) is 1. The van der Waals surface area contributed by atoms with E-state index < -0.39 is 11.7 Å². The van der Waals surface area contributed by atoms with Crippen LogP contribution in [-0.2, 0) is 0 Å². The SMILES string of the molecule is CNc1nc2cc(F)cc(C(N)=O)c2o1. The first-order chi connectivity index (χ1) is 7.11. The van der Waals surface area contributed by atoms with E-state index >= 15 is 0 Å². The Morgan fingerprint density at radius 2 is 2.33 bits per heavy atom. The molecule has 0 aliphatic rings. The Hall–Kier alpha value is -2.11. The van der Waals surface area contributed by atoms with Crippen LogP contribution in [0.2, 0.25) is 0 Å². The number of carbonyl (C=O) groups excluding carboxylic acids is 1. The normalized spacial score (nSPS) is 10.5. The van der Waals surface area contributed by atoms with Crippen molar-refractivity contribution in [3.63, 3.8) is 0 Å². The number of oxazole rings is 1. The van der Waals surface area contributed by atoms with Crippen molar-refractivity contribution in [3.8, 4) is 0 Å². The highest BCUT2D eigenvalue weighted by Crippen LogP contribution is 2.23. The number of hydrogen-bond acceptors (Lipinski definition) is 4. The minimum atomic E-state index is -0.752. The van der Waals surface area contributed by atoms with Gasteiger partial charge in [0.1, 0.15) is 11.3 Å². The highest BCUT2D eigenvalue weighted by atomic mass is 19.1. The summed E-state index contributed by atoms with van der Waals surface area (Å²) in [7, 11) is 1.60. The summed E-state index contributed by atoms with van der Waals surface area (Å²) in [5.41, 5.74) is 5.52. The molecule has 1 heterocycles. The van der Waals surface area contributed by atoms with Gasteiger partial charge >= 0.3 is 0 Å². The van der Waals surface area contributed by atoms with E-state index in [2.05, 4.69) is 10.3 Å². The second-order valence-electron chi connectivity index (χ2n) is 2.93. The third-order valence-electron chi connectivity index (χ3n) is 1.93. The monoisotopic (exact) mass is 209 g/mol. The molecule has 0 saturated carbocycles. The van der Waals surface area contributed by atoms with E-state index in [1.807, 2.05) is 0 Å². The molecule has 1 aromatic heterocycles. The minimum absolute atomic E-state index is 0.0148. The summed E-state index contributed by atoms with van der Waals surface area (Å²) in [5.74, 6) is -1.33. The Bertz CT molecular complexity index is 535. The average molecular weight is 209 g/mol. The molecule has 6 heteroatoms. The van der Waals surface area contributed by atoms with Gasteiger partial charge in [0.05, 0.1) is 5.56 Å². The number of nitrogens with one attached hydrogen (secondary N) is 1. The zero-order chi connectivity index (χ0) is 11.0. The third kappa shape index (κ3) is 1.50. The average Bonchev–Trinajstić information content (AvgIpc) is 2.58. The number of rotatable bonds is 2. The molecule has 0 unspecified atom stereocenters. The summed E-state index contributed by atoms with van der Waals surface area (Å²) in [4.78, 5) is 14.9. The molecule has 0 bridgehead atoms. The van der Waals surface area contributed by atoms with Gasteiger partial charge in [-0.15, -0.1) is 0 Å². The highest BCUT2D eigenvalue weighted by molar-refractivity contribution is 6.03. The Balaban J connectivity index is 2.77. The van der Waals surface area contributed by atoms with Crippen molar-refractivity contribution >= 4 is 23.0 Å². The van der Waals surface area contributed by atoms with Crippen molar-refractivity contribution in [1.82, 2.24) is 4.98 Å². The lowest BCUT2D eigenvalue weighted by molar-refractivity contribution is 0.100. The number of halogens is 1. The Labute approximate surface area is 84.1 Å². The molecule has 78 valence electrons. The van der Waals surface area contributed by atoms with E-state index in [9.17, 15) is 9.18 Å². The van der Waals surface area contributed by atoms with Crippen LogP contribution >= 0.6 is 0 Å². The number of aromatic nitrogens is 1. The highest BCUT2D eigenvalue weighted by Gasteiger charge is 2.14. The van der Waals surface area contributed by atoms with E-state index in [0.717, 1.165) is 6.07 Å². The first-order valence-electron chi connectivity index (χ1n) is 4.19. The molecule has 0 atom stereocenters. The third-order valence-corrected chi connectivity index (χ3v) is 1.93. The summed E-state index contributed by atoms with van der Waals surface area (Å²) in [6.07, 6.45) is 0. The van der Waals surface area contributed by atoms with Crippen LogP contribution in [0, 0.1) is 5.82 Å². The first kappa shape index (κ1) is 9.45. The number of nitrogens with two attached hydrogens (primary N) is 1. The summed E-state index contributed by atoms with van der Waals surface area (Å²) >= 11 is 0. The van der Waals surface area contributed by atoms with Gasteiger partial charge in [0.15, 0.2) is 5.58 Å². The van der Waals surface area contributed by atoms with Gasteiger partial charge in [0.25, 0.3) is 11.9 Å². The van der Waals surface area contributed by atoms with Gasteiger partial charge in [-0.1, -0.05) is 0 Å². The summed E-state index contributed by atoms with van der Waals surface area (Å²) in [6.45, 7) is 0. The largest absolute Gasteiger partial charge is 0.423 e. The van der Waals surface area contributed by atoms with Crippen molar-refractivity contribution in [2.75, 3.05) is 12.4 Å². The van der Waals surface area contributed by atoms with Crippen LogP contribution in [0.5, 0.6) is 0 Å². The first-order valence-corrected chi connectivity index (χ1v) is 4.19. The quantitative estimate of drug-likeness (QED) is 0.776. The smallest absolute Gasteiger partial charge is 0.295 e.